The molecule has 4 nitrogen and oxygen atoms in total. The lowest BCUT2D eigenvalue weighted by molar-refractivity contribution is 0.00521. The summed E-state index contributed by atoms with van der Waals surface area (Å²) in [4.78, 5) is 0. The molecule has 0 spiro atoms. The Morgan fingerprint density at radius 3 is 2.95 bits per heavy atom. The fourth-order valence-corrected chi connectivity index (χ4v) is 2.85. The van der Waals surface area contributed by atoms with Crippen molar-refractivity contribution in [1.29, 1.82) is 0 Å². The van der Waals surface area contributed by atoms with E-state index in [0.717, 1.165) is 31.6 Å². The fourth-order valence-electron chi connectivity index (χ4n) is 2.85. The summed E-state index contributed by atoms with van der Waals surface area (Å²) >= 11 is 0. The summed E-state index contributed by atoms with van der Waals surface area (Å²) in [5.41, 5.74) is 5.37. The van der Waals surface area contributed by atoms with E-state index >= 15 is 0 Å². The molecule has 1 aromatic carbocycles. The van der Waals surface area contributed by atoms with Gasteiger partial charge in [-0.1, -0.05) is 17.7 Å². The maximum atomic E-state index is 5.80. The van der Waals surface area contributed by atoms with Crippen LogP contribution in [0.25, 0.3) is 0 Å². The number of aryl methyl sites for hydroxylation is 1. The summed E-state index contributed by atoms with van der Waals surface area (Å²) < 4.78 is 11.2. The normalized spacial score (nSPS) is 20.6. The summed E-state index contributed by atoms with van der Waals surface area (Å²) in [6.45, 7) is 2.98. The lowest BCUT2D eigenvalue weighted by Gasteiger charge is -2.27. The summed E-state index contributed by atoms with van der Waals surface area (Å²) in [6.07, 6.45) is 5.73. The van der Waals surface area contributed by atoms with Crippen molar-refractivity contribution in [3.63, 3.8) is 0 Å². The second-order valence-electron chi connectivity index (χ2n) is 5.61. The van der Waals surface area contributed by atoms with Crippen molar-refractivity contribution >= 4 is 0 Å². The van der Waals surface area contributed by atoms with Crippen LogP contribution in [0.1, 0.15) is 36.8 Å². The van der Waals surface area contributed by atoms with Gasteiger partial charge in [-0.05, 0) is 50.7 Å². The number of rotatable bonds is 6. The molecular formula is C16H26N2O2. The molecule has 2 unspecified atom stereocenters. The highest BCUT2D eigenvalue weighted by molar-refractivity contribution is 5.37. The van der Waals surface area contributed by atoms with Crippen molar-refractivity contribution in [2.24, 2.45) is 5.84 Å². The van der Waals surface area contributed by atoms with Crippen LogP contribution >= 0.6 is 0 Å². The van der Waals surface area contributed by atoms with Crippen LogP contribution in [-0.4, -0.2) is 25.9 Å². The summed E-state index contributed by atoms with van der Waals surface area (Å²) in [6, 6.07) is 6.48. The minimum Gasteiger partial charge on any atom is -0.496 e. The third-order valence-electron chi connectivity index (χ3n) is 3.96. The molecule has 0 saturated carbocycles. The second-order valence-corrected chi connectivity index (χ2v) is 5.61. The van der Waals surface area contributed by atoms with E-state index in [1.54, 1.807) is 7.11 Å². The minimum atomic E-state index is 0.216. The van der Waals surface area contributed by atoms with E-state index in [1.807, 2.05) is 6.07 Å². The Hall–Kier alpha value is -1.10. The molecule has 2 atom stereocenters. The Labute approximate surface area is 121 Å². The molecule has 0 aliphatic carbocycles. The number of methoxy groups -OCH3 is 1. The molecule has 1 heterocycles. The van der Waals surface area contributed by atoms with Crippen molar-refractivity contribution in [3.8, 4) is 5.75 Å². The van der Waals surface area contributed by atoms with E-state index in [9.17, 15) is 0 Å². The molecule has 0 amide bonds. The van der Waals surface area contributed by atoms with Gasteiger partial charge < -0.3 is 9.47 Å². The molecule has 1 aliphatic heterocycles. The molecule has 1 aromatic rings. The van der Waals surface area contributed by atoms with Gasteiger partial charge in [-0.2, -0.15) is 0 Å². The first kappa shape index (κ1) is 15.3. The van der Waals surface area contributed by atoms with Crippen LogP contribution < -0.4 is 16.0 Å². The number of nitrogens with one attached hydrogen (secondary N) is 1. The van der Waals surface area contributed by atoms with E-state index in [4.69, 9.17) is 15.3 Å². The minimum absolute atomic E-state index is 0.216. The molecule has 0 aromatic heterocycles. The number of hydrogen-bond acceptors (Lipinski definition) is 4. The van der Waals surface area contributed by atoms with Gasteiger partial charge in [0.2, 0.25) is 0 Å². The monoisotopic (exact) mass is 278 g/mol. The average molecular weight is 278 g/mol. The van der Waals surface area contributed by atoms with Crippen molar-refractivity contribution in [2.45, 2.75) is 51.2 Å². The maximum absolute atomic E-state index is 5.80. The van der Waals surface area contributed by atoms with Crippen LogP contribution in [0.5, 0.6) is 5.75 Å². The van der Waals surface area contributed by atoms with E-state index in [1.165, 1.54) is 24.0 Å². The number of ether oxygens (including phenoxy) is 2. The quantitative estimate of drug-likeness (QED) is 0.619. The van der Waals surface area contributed by atoms with Crippen LogP contribution in [0.4, 0.5) is 0 Å². The van der Waals surface area contributed by atoms with Gasteiger partial charge in [-0.3, -0.25) is 11.3 Å². The Kier molecular flexibility index (Phi) is 5.83. The zero-order valence-corrected chi connectivity index (χ0v) is 12.5. The predicted molar refractivity (Wildman–Crippen MR) is 80.8 cm³/mol. The smallest absolute Gasteiger partial charge is 0.122 e. The predicted octanol–water partition coefficient (Wildman–Crippen LogP) is 2.34. The van der Waals surface area contributed by atoms with Gasteiger partial charge in [0.25, 0.3) is 0 Å². The molecule has 2 rings (SSSR count). The second kappa shape index (κ2) is 7.62. The fraction of sp³-hybridized carbons (Fsp3) is 0.625. The summed E-state index contributed by atoms with van der Waals surface area (Å²) in [5, 5.41) is 0. The Bertz CT molecular complexity index is 417. The Balaban J connectivity index is 1.99. The third kappa shape index (κ3) is 4.20. The van der Waals surface area contributed by atoms with E-state index in [2.05, 4.69) is 24.5 Å². The van der Waals surface area contributed by atoms with E-state index in [0.29, 0.717) is 6.10 Å². The Morgan fingerprint density at radius 2 is 2.30 bits per heavy atom. The maximum Gasteiger partial charge on any atom is 0.122 e. The molecule has 3 N–H and O–H groups in total. The van der Waals surface area contributed by atoms with E-state index < -0.39 is 0 Å². The molecule has 20 heavy (non-hydrogen) atoms. The van der Waals surface area contributed by atoms with Gasteiger partial charge in [-0.25, -0.2) is 0 Å². The Morgan fingerprint density at radius 1 is 1.45 bits per heavy atom. The highest BCUT2D eigenvalue weighted by atomic mass is 16.5. The standard InChI is InChI=1S/C16H26N2O2/c1-12-6-7-16(19-2)13(9-12)10-14(18-17)11-15-5-3-4-8-20-15/h6-7,9,14-15,18H,3-5,8,10-11,17H2,1-2H3. The zero-order valence-electron chi connectivity index (χ0n) is 12.5. The third-order valence-corrected chi connectivity index (χ3v) is 3.96. The SMILES string of the molecule is COc1ccc(C)cc1CC(CC1CCCCO1)NN. The number of hydrogen-bond donors (Lipinski definition) is 2. The van der Waals surface area contributed by atoms with Gasteiger partial charge in [0, 0.05) is 12.6 Å². The van der Waals surface area contributed by atoms with Gasteiger partial charge in [0.05, 0.1) is 13.2 Å². The van der Waals surface area contributed by atoms with Crippen molar-refractivity contribution < 1.29 is 9.47 Å². The highest BCUT2D eigenvalue weighted by Gasteiger charge is 2.20. The first-order chi connectivity index (χ1) is 9.72. The lowest BCUT2D eigenvalue weighted by Crippen LogP contribution is -2.40. The van der Waals surface area contributed by atoms with Crippen LogP contribution in [0, 0.1) is 6.92 Å². The first-order valence-corrected chi connectivity index (χ1v) is 7.44. The van der Waals surface area contributed by atoms with Crippen molar-refractivity contribution in [1.82, 2.24) is 5.43 Å². The van der Waals surface area contributed by atoms with Gasteiger partial charge in [0.1, 0.15) is 5.75 Å². The summed E-state index contributed by atoms with van der Waals surface area (Å²) in [7, 11) is 1.71. The van der Waals surface area contributed by atoms with Crippen molar-refractivity contribution in [2.75, 3.05) is 13.7 Å². The molecule has 112 valence electrons. The van der Waals surface area contributed by atoms with Crippen LogP contribution in [0.15, 0.2) is 18.2 Å². The molecule has 4 heteroatoms. The molecule has 1 aliphatic rings. The number of benzene rings is 1. The molecule has 1 saturated heterocycles. The summed E-state index contributed by atoms with van der Waals surface area (Å²) in [5.74, 6) is 6.65. The first-order valence-electron chi connectivity index (χ1n) is 7.44. The average Bonchev–Trinajstić information content (AvgIpc) is 2.48. The molecule has 1 fully saturated rings. The van der Waals surface area contributed by atoms with Crippen molar-refractivity contribution in [3.05, 3.63) is 29.3 Å². The lowest BCUT2D eigenvalue weighted by atomic mass is 9.96. The van der Waals surface area contributed by atoms with Gasteiger partial charge in [0.15, 0.2) is 0 Å². The van der Waals surface area contributed by atoms with Gasteiger partial charge in [-0.15, -0.1) is 0 Å². The zero-order chi connectivity index (χ0) is 14.4. The molecule has 0 bridgehead atoms. The van der Waals surface area contributed by atoms with Crippen LogP contribution in [0.2, 0.25) is 0 Å². The van der Waals surface area contributed by atoms with E-state index in [-0.39, 0.29) is 6.04 Å². The highest BCUT2D eigenvalue weighted by Crippen LogP contribution is 2.24. The number of nitrogens with two attached hydrogens (primary N) is 1. The molecular weight excluding hydrogens is 252 g/mol. The topological polar surface area (TPSA) is 56.5 Å². The van der Waals surface area contributed by atoms with Gasteiger partial charge >= 0.3 is 0 Å². The van der Waals surface area contributed by atoms with Crippen LogP contribution in [-0.2, 0) is 11.2 Å². The largest absolute Gasteiger partial charge is 0.496 e. The van der Waals surface area contributed by atoms with Crippen LogP contribution in [0.3, 0.4) is 0 Å². The number of hydrazine groups is 1. The molecule has 0 radical (unpaired) electrons.